The molecule has 0 unspecified atom stereocenters. The summed E-state index contributed by atoms with van der Waals surface area (Å²) in [5, 5.41) is 16.6. The Morgan fingerprint density at radius 2 is 2.14 bits per heavy atom. The Kier molecular flexibility index (Phi) is 3.80. The minimum absolute atomic E-state index is 0.573. The monoisotopic (exact) mass is 294 g/mol. The van der Waals surface area contributed by atoms with E-state index in [0.717, 1.165) is 28.0 Å². The van der Waals surface area contributed by atoms with Gasteiger partial charge in [0.1, 0.15) is 11.9 Å². The molecule has 0 bridgehead atoms. The van der Waals surface area contributed by atoms with Crippen molar-refractivity contribution < 1.29 is 0 Å². The summed E-state index contributed by atoms with van der Waals surface area (Å²) in [6.07, 6.45) is 0.831. The molecule has 0 spiro atoms. The Labute approximate surface area is 127 Å². The molecule has 1 N–H and O–H groups in total. The van der Waals surface area contributed by atoms with Crippen LogP contribution in [0, 0.1) is 18.3 Å². The van der Waals surface area contributed by atoms with E-state index in [2.05, 4.69) is 21.4 Å². The summed E-state index contributed by atoms with van der Waals surface area (Å²) < 4.78 is 0. The summed E-state index contributed by atoms with van der Waals surface area (Å²) in [5.41, 5.74) is 2.52. The van der Waals surface area contributed by atoms with E-state index in [0.29, 0.717) is 17.9 Å². The van der Waals surface area contributed by atoms with Crippen LogP contribution in [0.4, 0.5) is 5.82 Å². The van der Waals surface area contributed by atoms with Gasteiger partial charge in [-0.1, -0.05) is 18.2 Å². The van der Waals surface area contributed by atoms with Gasteiger partial charge in [0, 0.05) is 29.4 Å². The highest BCUT2D eigenvalue weighted by Crippen LogP contribution is 2.20. The predicted octanol–water partition coefficient (Wildman–Crippen LogP) is 3.53. The van der Waals surface area contributed by atoms with Gasteiger partial charge in [-0.3, -0.25) is 0 Å². The fourth-order valence-electron chi connectivity index (χ4n) is 2.14. The second-order valence-corrected chi connectivity index (χ2v) is 5.69. The number of thiazole rings is 1. The molecule has 0 saturated carbocycles. The van der Waals surface area contributed by atoms with Crippen LogP contribution in [0.1, 0.15) is 16.3 Å². The molecule has 0 aliphatic carbocycles. The molecule has 0 saturated heterocycles. The van der Waals surface area contributed by atoms with Crippen molar-refractivity contribution in [2.45, 2.75) is 13.3 Å². The lowest BCUT2D eigenvalue weighted by Gasteiger charge is -2.08. The molecule has 2 heterocycles. The van der Waals surface area contributed by atoms with Crippen molar-refractivity contribution >= 4 is 28.1 Å². The lowest BCUT2D eigenvalue weighted by Crippen LogP contribution is -2.08. The fraction of sp³-hybridized carbons (Fsp3) is 0.188. The summed E-state index contributed by atoms with van der Waals surface area (Å²) in [7, 11) is 0. The predicted molar refractivity (Wildman–Crippen MR) is 85.5 cm³/mol. The number of nitriles is 1. The number of rotatable bonds is 4. The van der Waals surface area contributed by atoms with Gasteiger partial charge in [-0.25, -0.2) is 9.97 Å². The van der Waals surface area contributed by atoms with Crippen LogP contribution in [0.25, 0.3) is 10.9 Å². The Morgan fingerprint density at radius 1 is 1.29 bits per heavy atom. The molecule has 0 aliphatic rings. The number of benzene rings is 1. The average molecular weight is 294 g/mol. The second kappa shape index (κ2) is 5.90. The third kappa shape index (κ3) is 3.01. The van der Waals surface area contributed by atoms with Gasteiger partial charge in [-0.05, 0) is 19.1 Å². The van der Waals surface area contributed by atoms with Crippen LogP contribution >= 0.6 is 11.3 Å². The minimum Gasteiger partial charge on any atom is -0.369 e. The van der Waals surface area contributed by atoms with E-state index in [9.17, 15) is 5.26 Å². The van der Waals surface area contributed by atoms with E-state index < -0.39 is 0 Å². The van der Waals surface area contributed by atoms with Crippen LogP contribution in [-0.2, 0) is 6.42 Å². The van der Waals surface area contributed by atoms with Gasteiger partial charge in [0.25, 0.3) is 0 Å². The highest BCUT2D eigenvalue weighted by atomic mass is 32.1. The summed E-state index contributed by atoms with van der Waals surface area (Å²) in [4.78, 5) is 8.96. The quantitative estimate of drug-likeness (QED) is 0.799. The zero-order valence-electron chi connectivity index (χ0n) is 11.6. The lowest BCUT2D eigenvalue weighted by atomic mass is 10.1. The van der Waals surface area contributed by atoms with Crippen molar-refractivity contribution in [2.24, 2.45) is 0 Å². The summed E-state index contributed by atoms with van der Waals surface area (Å²) in [6.45, 7) is 2.71. The normalized spacial score (nSPS) is 10.5. The van der Waals surface area contributed by atoms with E-state index in [1.165, 1.54) is 0 Å². The first-order valence-electron chi connectivity index (χ1n) is 6.71. The molecule has 104 valence electrons. The topological polar surface area (TPSA) is 61.6 Å². The van der Waals surface area contributed by atoms with E-state index in [1.54, 1.807) is 11.3 Å². The third-order valence-electron chi connectivity index (χ3n) is 3.14. The summed E-state index contributed by atoms with van der Waals surface area (Å²) in [5.74, 6) is 0.643. The third-order valence-corrected chi connectivity index (χ3v) is 4.17. The number of nitrogens with zero attached hydrogens (tertiary/aromatic N) is 3. The minimum atomic E-state index is 0.573. The molecular weight excluding hydrogens is 280 g/mol. The Morgan fingerprint density at radius 3 is 2.90 bits per heavy atom. The number of pyridine rings is 1. The van der Waals surface area contributed by atoms with Crippen LogP contribution in [0.2, 0.25) is 0 Å². The number of anilines is 1. The zero-order valence-corrected chi connectivity index (χ0v) is 12.4. The maximum Gasteiger partial charge on any atom is 0.144 e. The highest BCUT2D eigenvalue weighted by molar-refractivity contribution is 7.09. The van der Waals surface area contributed by atoms with Crippen LogP contribution in [-0.4, -0.2) is 16.5 Å². The van der Waals surface area contributed by atoms with Gasteiger partial charge in [0.05, 0.1) is 16.1 Å². The maximum absolute atomic E-state index is 9.26. The smallest absolute Gasteiger partial charge is 0.144 e. The van der Waals surface area contributed by atoms with Crippen molar-refractivity contribution in [1.82, 2.24) is 9.97 Å². The second-order valence-electron chi connectivity index (χ2n) is 4.75. The van der Waals surface area contributed by atoms with E-state index in [4.69, 9.17) is 0 Å². The van der Waals surface area contributed by atoms with Crippen LogP contribution in [0.3, 0.4) is 0 Å². The van der Waals surface area contributed by atoms with Crippen molar-refractivity contribution in [1.29, 1.82) is 5.26 Å². The number of aromatic nitrogens is 2. The molecule has 4 nitrogen and oxygen atoms in total. The van der Waals surface area contributed by atoms with Crippen molar-refractivity contribution in [2.75, 3.05) is 11.9 Å². The number of hydrogen-bond acceptors (Lipinski definition) is 5. The molecule has 3 rings (SSSR count). The number of fused-ring (bicyclic) bond motifs is 1. The SMILES string of the molecule is Cc1csc(CCNc2nc3ccccc3cc2C#N)n1. The van der Waals surface area contributed by atoms with Crippen molar-refractivity contribution in [3.05, 3.63) is 52.0 Å². The number of para-hydroxylation sites is 1. The van der Waals surface area contributed by atoms with Gasteiger partial charge in [0.2, 0.25) is 0 Å². The molecule has 3 aromatic rings. The molecule has 0 atom stereocenters. The van der Waals surface area contributed by atoms with Gasteiger partial charge in [0.15, 0.2) is 0 Å². The first kappa shape index (κ1) is 13.5. The number of nitrogens with one attached hydrogen (secondary N) is 1. The fourth-order valence-corrected chi connectivity index (χ4v) is 2.92. The summed E-state index contributed by atoms with van der Waals surface area (Å²) in [6, 6.07) is 11.9. The number of aryl methyl sites for hydroxylation is 1. The Balaban J connectivity index is 1.78. The van der Waals surface area contributed by atoms with E-state index in [-0.39, 0.29) is 0 Å². The molecule has 0 fully saturated rings. The Hall–Kier alpha value is -2.45. The van der Waals surface area contributed by atoms with Gasteiger partial charge >= 0.3 is 0 Å². The molecule has 0 aliphatic heterocycles. The van der Waals surface area contributed by atoms with Crippen LogP contribution in [0.15, 0.2) is 35.7 Å². The first-order chi connectivity index (χ1) is 10.3. The number of hydrogen-bond donors (Lipinski definition) is 1. The molecule has 2 aromatic heterocycles. The van der Waals surface area contributed by atoms with E-state index >= 15 is 0 Å². The Bertz CT molecular complexity index is 817. The molecule has 0 radical (unpaired) electrons. The van der Waals surface area contributed by atoms with Crippen LogP contribution < -0.4 is 5.32 Å². The largest absolute Gasteiger partial charge is 0.369 e. The molecule has 1 aromatic carbocycles. The highest BCUT2D eigenvalue weighted by Gasteiger charge is 2.06. The van der Waals surface area contributed by atoms with Crippen molar-refractivity contribution in [3.63, 3.8) is 0 Å². The maximum atomic E-state index is 9.26. The lowest BCUT2D eigenvalue weighted by molar-refractivity contribution is 0.979. The van der Waals surface area contributed by atoms with Gasteiger partial charge in [-0.15, -0.1) is 11.3 Å². The van der Waals surface area contributed by atoms with Crippen LogP contribution in [0.5, 0.6) is 0 Å². The molecule has 5 heteroatoms. The standard InChI is InChI=1S/C16H14N4S/c1-11-10-21-15(19-11)6-7-18-16-13(9-17)8-12-4-2-3-5-14(12)20-16/h2-5,8,10H,6-7H2,1H3,(H,18,20). The first-order valence-corrected chi connectivity index (χ1v) is 7.59. The molecule has 21 heavy (non-hydrogen) atoms. The average Bonchev–Trinajstić information content (AvgIpc) is 2.92. The van der Waals surface area contributed by atoms with Crippen molar-refractivity contribution in [3.8, 4) is 6.07 Å². The zero-order chi connectivity index (χ0) is 14.7. The van der Waals surface area contributed by atoms with E-state index in [1.807, 2.05) is 42.6 Å². The van der Waals surface area contributed by atoms with Gasteiger partial charge in [-0.2, -0.15) is 5.26 Å². The molecular formula is C16H14N4S. The molecule has 0 amide bonds. The van der Waals surface area contributed by atoms with Gasteiger partial charge < -0.3 is 5.32 Å². The summed E-state index contributed by atoms with van der Waals surface area (Å²) >= 11 is 1.66.